The number of hydrogen-bond acceptors (Lipinski definition) is 4. The molecule has 136 valence electrons. The van der Waals surface area contributed by atoms with Crippen molar-refractivity contribution in [1.29, 1.82) is 0 Å². The van der Waals surface area contributed by atoms with Crippen molar-refractivity contribution in [2.24, 2.45) is 5.10 Å². The maximum absolute atomic E-state index is 11.8. The SMILES string of the molecule is O=C(COc1ccc(-c2ccccc2)cc1)N/N=C/c1ccc(O)c(I)c1. The van der Waals surface area contributed by atoms with Gasteiger partial charge in [0.25, 0.3) is 5.91 Å². The van der Waals surface area contributed by atoms with E-state index in [1.165, 1.54) is 6.21 Å². The van der Waals surface area contributed by atoms with Crippen molar-refractivity contribution in [2.45, 2.75) is 0 Å². The Bertz CT molecular complexity index is 941. The Kier molecular flexibility index (Phi) is 6.43. The number of rotatable bonds is 6. The zero-order valence-electron chi connectivity index (χ0n) is 14.3. The van der Waals surface area contributed by atoms with E-state index in [9.17, 15) is 9.90 Å². The van der Waals surface area contributed by atoms with Gasteiger partial charge in [-0.15, -0.1) is 0 Å². The van der Waals surface area contributed by atoms with Crippen LogP contribution in [0.25, 0.3) is 11.1 Å². The number of nitrogens with one attached hydrogen (secondary N) is 1. The van der Waals surface area contributed by atoms with Crippen LogP contribution in [0.3, 0.4) is 0 Å². The summed E-state index contributed by atoms with van der Waals surface area (Å²) in [5.74, 6) is 0.470. The van der Waals surface area contributed by atoms with Crippen LogP contribution in [0.5, 0.6) is 11.5 Å². The Hall–Kier alpha value is -2.87. The number of hydrogen-bond donors (Lipinski definition) is 2. The Labute approximate surface area is 170 Å². The van der Waals surface area contributed by atoms with Gasteiger partial charge in [0.05, 0.1) is 9.78 Å². The summed E-state index contributed by atoms with van der Waals surface area (Å²) in [6, 6.07) is 22.6. The minimum Gasteiger partial charge on any atom is -0.507 e. The van der Waals surface area contributed by atoms with Gasteiger partial charge in [-0.05, 0) is 69.6 Å². The highest BCUT2D eigenvalue weighted by atomic mass is 127. The summed E-state index contributed by atoms with van der Waals surface area (Å²) in [4.78, 5) is 11.8. The first-order valence-corrected chi connectivity index (χ1v) is 9.28. The van der Waals surface area contributed by atoms with Gasteiger partial charge < -0.3 is 9.84 Å². The molecule has 3 rings (SSSR count). The number of benzene rings is 3. The van der Waals surface area contributed by atoms with Gasteiger partial charge in [-0.3, -0.25) is 4.79 Å². The molecule has 6 heteroatoms. The van der Waals surface area contributed by atoms with E-state index in [0.29, 0.717) is 9.32 Å². The second-order valence-electron chi connectivity index (χ2n) is 5.68. The first kappa shape index (κ1) is 18.9. The lowest BCUT2D eigenvalue weighted by molar-refractivity contribution is -0.123. The van der Waals surface area contributed by atoms with Crippen LogP contribution < -0.4 is 10.2 Å². The molecule has 27 heavy (non-hydrogen) atoms. The number of halogens is 1. The number of aromatic hydroxyl groups is 1. The van der Waals surface area contributed by atoms with E-state index in [0.717, 1.165) is 16.7 Å². The summed E-state index contributed by atoms with van der Waals surface area (Å²) < 4.78 is 6.19. The molecule has 0 atom stereocenters. The zero-order valence-corrected chi connectivity index (χ0v) is 16.5. The molecular formula is C21H17IN2O3. The third-order valence-corrected chi connectivity index (χ3v) is 4.57. The number of ether oxygens (including phenoxy) is 1. The molecule has 0 aromatic heterocycles. The van der Waals surface area contributed by atoms with E-state index < -0.39 is 0 Å². The molecule has 0 aliphatic carbocycles. The predicted molar refractivity (Wildman–Crippen MR) is 114 cm³/mol. The number of phenolic OH excluding ortho intramolecular Hbond substituents is 1. The predicted octanol–water partition coefficient (Wildman–Crippen LogP) is 4.19. The van der Waals surface area contributed by atoms with E-state index in [1.54, 1.807) is 18.2 Å². The van der Waals surface area contributed by atoms with Gasteiger partial charge in [0.15, 0.2) is 6.61 Å². The third kappa shape index (κ3) is 5.55. The quantitative estimate of drug-likeness (QED) is 0.321. The largest absolute Gasteiger partial charge is 0.507 e. The molecule has 5 nitrogen and oxygen atoms in total. The van der Waals surface area contributed by atoms with Crippen LogP contribution in [-0.4, -0.2) is 23.8 Å². The molecule has 0 heterocycles. The van der Waals surface area contributed by atoms with Crippen molar-refractivity contribution in [3.8, 4) is 22.6 Å². The average Bonchev–Trinajstić information content (AvgIpc) is 2.70. The highest BCUT2D eigenvalue weighted by Crippen LogP contribution is 2.22. The fourth-order valence-corrected chi connectivity index (χ4v) is 2.88. The topological polar surface area (TPSA) is 70.9 Å². The lowest BCUT2D eigenvalue weighted by Gasteiger charge is -2.06. The van der Waals surface area contributed by atoms with Crippen molar-refractivity contribution < 1.29 is 14.6 Å². The Balaban J connectivity index is 1.49. The number of carbonyl (C=O) groups excluding carboxylic acids is 1. The Morgan fingerprint density at radius 1 is 1.04 bits per heavy atom. The van der Waals surface area contributed by atoms with Crippen LogP contribution >= 0.6 is 22.6 Å². The molecule has 0 bridgehead atoms. The van der Waals surface area contributed by atoms with Gasteiger partial charge >= 0.3 is 0 Å². The molecule has 0 radical (unpaired) electrons. The number of nitrogens with zero attached hydrogens (tertiary/aromatic N) is 1. The Morgan fingerprint density at radius 3 is 2.44 bits per heavy atom. The third-order valence-electron chi connectivity index (χ3n) is 3.71. The van der Waals surface area contributed by atoms with Crippen molar-refractivity contribution in [3.63, 3.8) is 0 Å². The van der Waals surface area contributed by atoms with Gasteiger partial charge in [0.1, 0.15) is 11.5 Å². The second-order valence-corrected chi connectivity index (χ2v) is 6.85. The lowest BCUT2D eigenvalue weighted by atomic mass is 10.1. The minimum atomic E-state index is -0.355. The molecule has 0 saturated heterocycles. The number of carbonyl (C=O) groups is 1. The molecule has 1 amide bonds. The zero-order chi connectivity index (χ0) is 19.1. The van der Waals surface area contributed by atoms with E-state index in [2.05, 4.69) is 10.5 Å². The summed E-state index contributed by atoms with van der Waals surface area (Å²) in [6.07, 6.45) is 1.51. The molecule has 0 unspecified atom stereocenters. The van der Waals surface area contributed by atoms with E-state index >= 15 is 0 Å². The molecule has 3 aromatic carbocycles. The van der Waals surface area contributed by atoms with Gasteiger partial charge in [-0.1, -0.05) is 42.5 Å². The summed E-state index contributed by atoms with van der Waals surface area (Å²) in [6.45, 7) is -0.130. The van der Waals surface area contributed by atoms with Gasteiger partial charge in [-0.25, -0.2) is 5.43 Å². The highest BCUT2D eigenvalue weighted by molar-refractivity contribution is 14.1. The van der Waals surface area contributed by atoms with Crippen LogP contribution in [-0.2, 0) is 4.79 Å². The summed E-state index contributed by atoms with van der Waals surface area (Å²) in [7, 11) is 0. The van der Waals surface area contributed by atoms with Crippen molar-refractivity contribution in [3.05, 3.63) is 81.9 Å². The highest BCUT2D eigenvalue weighted by Gasteiger charge is 2.03. The summed E-state index contributed by atoms with van der Waals surface area (Å²) in [5, 5.41) is 13.4. The molecule has 0 aliphatic rings. The van der Waals surface area contributed by atoms with E-state index in [4.69, 9.17) is 4.74 Å². The number of amides is 1. The fourth-order valence-electron chi connectivity index (χ4n) is 2.34. The molecule has 0 spiro atoms. The van der Waals surface area contributed by atoms with Crippen LogP contribution in [0.2, 0.25) is 0 Å². The monoisotopic (exact) mass is 472 g/mol. The second kappa shape index (κ2) is 9.18. The fraction of sp³-hybridized carbons (Fsp3) is 0.0476. The van der Waals surface area contributed by atoms with Gasteiger partial charge in [0.2, 0.25) is 0 Å². The summed E-state index contributed by atoms with van der Waals surface area (Å²) in [5.41, 5.74) is 5.40. The van der Waals surface area contributed by atoms with Gasteiger partial charge in [-0.2, -0.15) is 5.10 Å². The number of phenols is 1. The molecule has 0 fully saturated rings. The van der Waals surface area contributed by atoms with Gasteiger partial charge in [0, 0.05) is 0 Å². The van der Waals surface area contributed by atoms with Crippen LogP contribution in [0, 0.1) is 3.57 Å². The maximum atomic E-state index is 11.8. The summed E-state index contributed by atoms with van der Waals surface area (Å²) >= 11 is 2.02. The van der Waals surface area contributed by atoms with E-state index in [-0.39, 0.29) is 18.3 Å². The van der Waals surface area contributed by atoms with Crippen molar-refractivity contribution >= 4 is 34.7 Å². The number of hydrazone groups is 1. The molecule has 3 aromatic rings. The smallest absolute Gasteiger partial charge is 0.277 e. The van der Waals surface area contributed by atoms with Crippen LogP contribution in [0.4, 0.5) is 0 Å². The van der Waals surface area contributed by atoms with Crippen LogP contribution in [0.15, 0.2) is 77.9 Å². The lowest BCUT2D eigenvalue weighted by Crippen LogP contribution is -2.24. The first-order valence-electron chi connectivity index (χ1n) is 8.20. The van der Waals surface area contributed by atoms with Crippen molar-refractivity contribution in [1.82, 2.24) is 5.43 Å². The molecule has 0 saturated carbocycles. The maximum Gasteiger partial charge on any atom is 0.277 e. The molecule has 2 N–H and O–H groups in total. The average molecular weight is 472 g/mol. The normalized spacial score (nSPS) is 10.7. The van der Waals surface area contributed by atoms with Crippen molar-refractivity contribution in [2.75, 3.05) is 6.61 Å². The first-order chi connectivity index (χ1) is 13.1. The Morgan fingerprint density at radius 2 is 1.74 bits per heavy atom. The van der Waals surface area contributed by atoms with Crippen LogP contribution in [0.1, 0.15) is 5.56 Å². The van der Waals surface area contributed by atoms with E-state index in [1.807, 2.05) is 77.2 Å². The molecular weight excluding hydrogens is 455 g/mol. The minimum absolute atomic E-state index is 0.130. The standard InChI is InChI=1S/C21H17IN2O3/c22-19-12-15(6-11-20(19)25)13-23-24-21(26)14-27-18-9-7-17(8-10-18)16-4-2-1-3-5-16/h1-13,25H,14H2,(H,24,26)/b23-13+. The molecule has 0 aliphatic heterocycles.